The Bertz CT molecular complexity index is 1120. The molecule has 2 aliphatic carbocycles. The quantitative estimate of drug-likeness (QED) is 0.463. The van der Waals surface area contributed by atoms with Gasteiger partial charge in [-0.1, -0.05) is 55.3 Å². The number of rotatable bonds is 3. The second-order valence-electron chi connectivity index (χ2n) is 10.2. The molecule has 1 saturated carbocycles. The Hall–Kier alpha value is -2.10. The molecule has 1 aromatic heterocycles. The fourth-order valence-electron chi connectivity index (χ4n) is 6.14. The Morgan fingerprint density at radius 2 is 2.03 bits per heavy atom. The second-order valence-corrected chi connectivity index (χ2v) is 11.1. The van der Waals surface area contributed by atoms with Crippen molar-refractivity contribution in [1.82, 2.24) is 9.55 Å². The molecule has 6 heteroatoms. The molecule has 5 rings (SSSR count). The number of benzene rings is 1. The summed E-state index contributed by atoms with van der Waals surface area (Å²) >= 11 is 1.39. The van der Waals surface area contributed by atoms with E-state index < -0.39 is 0 Å². The minimum absolute atomic E-state index is 0.0445. The first-order chi connectivity index (χ1) is 15.4. The highest BCUT2D eigenvalue weighted by Gasteiger charge is 2.44. The molecule has 2 fully saturated rings. The molecule has 0 amide bonds. The summed E-state index contributed by atoms with van der Waals surface area (Å²) in [5.41, 5.74) is 3.92. The van der Waals surface area contributed by atoms with E-state index in [2.05, 4.69) is 38.1 Å². The molecule has 0 unspecified atom stereocenters. The molecule has 0 N–H and O–H groups in total. The van der Waals surface area contributed by atoms with Gasteiger partial charge in [0.1, 0.15) is 0 Å². The Kier molecular flexibility index (Phi) is 5.67. The van der Waals surface area contributed by atoms with E-state index in [0.717, 1.165) is 61.8 Å². The first-order valence-corrected chi connectivity index (χ1v) is 12.8. The van der Waals surface area contributed by atoms with Gasteiger partial charge in [0.15, 0.2) is 5.16 Å². The fourth-order valence-corrected chi connectivity index (χ4v) is 6.86. The maximum Gasteiger partial charge on any atom is 0.258 e. The van der Waals surface area contributed by atoms with E-state index in [1.807, 2.05) is 10.6 Å². The molecule has 168 valence electrons. The summed E-state index contributed by atoms with van der Waals surface area (Å²) in [5, 5.41) is 9.95. The molecule has 0 radical (unpaired) electrons. The van der Waals surface area contributed by atoms with E-state index in [9.17, 15) is 10.1 Å². The maximum absolute atomic E-state index is 14.4. The Morgan fingerprint density at radius 1 is 1.25 bits per heavy atom. The van der Waals surface area contributed by atoms with E-state index in [1.54, 1.807) is 0 Å². The summed E-state index contributed by atoms with van der Waals surface area (Å²) in [6.07, 6.45) is 8.17. The number of fused-ring (bicyclic) bond motifs is 4. The number of hydrogen-bond donors (Lipinski definition) is 0. The number of nitriles is 1. The predicted molar refractivity (Wildman–Crippen MR) is 127 cm³/mol. The minimum atomic E-state index is -0.273. The molecule has 1 saturated heterocycles. The third kappa shape index (κ3) is 3.70. The number of ether oxygens (including phenoxy) is 1. The van der Waals surface area contributed by atoms with Gasteiger partial charge in [-0.15, -0.1) is 0 Å². The number of nitrogens with zero attached hydrogens (tertiary/aromatic N) is 3. The van der Waals surface area contributed by atoms with Crippen molar-refractivity contribution in [2.24, 2.45) is 0 Å². The van der Waals surface area contributed by atoms with Crippen molar-refractivity contribution in [3.8, 4) is 17.3 Å². The lowest BCUT2D eigenvalue weighted by Gasteiger charge is -2.43. The zero-order valence-electron chi connectivity index (χ0n) is 19.0. The van der Waals surface area contributed by atoms with Gasteiger partial charge < -0.3 is 4.74 Å². The van der Waals surface area contributed by atoms with Gasteiger partial charge in [-0.3, -0.25) is 9.36 Å². The van der Waals surface area contributed by atoms with Crippen LogP contribution in [0, 0.1) is 11.3 Å². The van der Waals surface area contributed by atoms with Crippen molar-refractivity contribution < 1.29 is 4.74 Å². The van der Waals surface area contributed by atoms with Gasteiger partial charge in [0, 0.05) is 23.6 Å². The third-order valence-corrected chi connectivity index (χ3v) is 8.35. The lowest BCUT2D eigenvalue weighted by molar-refractivity contribution is -0.0710. The van der Waals surface area contributed by atoms with Crippen LogP contribution in [0.5, 0.6) is 0 Å². The Morgan fingerprint density at radius 3 is 2.78 bits per heavy atom. The average Bonchev–Trinajstić information content (AvgIpc) is 2.77. The van der Waals surface area contributed by atoms with Crippen LogP contribution in [-0.4, -0.2) is 27.5 Å². The van der Waals surface area contributed by atoms with Gasteiger partial charge in [0.2, 0.25) is 0 Å². The molecule has 2 aromatic rings. The largest absolute Gasteiger partial charge is 0.375 e. The Balaban J connectivity index is 1.75. The zero-order valence-corrected chi connectivity index (χ0v) is 19.8. The van der Waals surface area contributed by atoms with E-state index in [1.165, 1.54) is 23.7 Å². The van der Waals surface area contributed by atoms with Gasteiger partial charge in [0.05, 0.1) is 28.7 Å². The summed E-state index contributed by atoms with van der Waals surface area (Å²) in [7, 11) is 0. The maximum atomic E-state index is 14.4. The standard InChI is InChI=1S/C26H31N3O2S/c1-25(2)17-19(10-14-31-25)29-23(30)21-22(28-24(29)32-15-13-27)20-9-5-4-8-18(20)16-26(21)11-6-3-7-12-26/h4-5,8-9,19H,3,6-7,10-12,14-17H2,1-2H3/t19-/m0/s1. The van der Waals surface area contributed by atoms with Crippen molar-refractivity contribution in [3.63, 3.8) is 0 Å². The van der Waals surface area contributed by atoms with Crippen molar-refractivity contribution in [2.45, 2.75) is 87.4 Å². The molecule has 1 atom stereocenters. The molecule has 32 heavy (non-hydrogen) atoms. The van der Waals surface area contributed by atoms with Crippen LogP contribution in [0.1, 0.15) is 76.0 Å². The lowest BCUT2D eigenvalue weighted by atomic mass is 9.62. The average molecular weight is 450 g/mol. The molecule has 1 aliphatic heterocycles. The smallest absolute Gasteiger partial charge is 0.258 e. The highest BCUT2D eigenvalue weighted by Crippen LogP contribution is 2.49. The van der Waals surface area contributed by atoms with E-state index >= 15 is 0 Å². The zero-order chi connectivity index (χ0) is 22.3. The van der Waals surface area contributed by atoms with Crippen LogP contribution in [0.3, 0.4) is 0 Å². The number of aromatic nitrogens is 2. The Labute approximate surface area is 194 Å². The normalized spacial score (nSPS) is 23.2. The highest BCUT2D eigenvalue weighted by molar-refractivity contribution is 7.99. The monoisotopic (exact) mass is 449 g/mol. The van der Waals surface area contributed by atoms with E-state index in [-0.39, 0.29) is 28.4 Å². The minimum Gasteiger partial charge on any atom is -0.375 e. The summed E-state index contributed by atoms with van der Waals surface area (Å²) in [5.74, 6) is 0.282. The summed E-state index contributed by atoms with van der Waals surface area (Å²) in [4.78, 5) is 19.5. The molecule has 2 heterocycles. The first-order valence-electron chi connectivity index (χ1n) is 11.8. The first kappa shape index (κ1) is 21.7. The lowest BCUT2D eigenvalue weighted by Crippen LogP contribution is -2.45. The van der Waals surface area contributed by atoms with E-state index in [4.69, 9.17) is 9.72 Å². The molecular formula is C26H31N3O2S. The van der Waals surface area contributed by atoms with Crippen molar-refractivity contribution >= 4 is 11.8 Å². The molecule has 1 aromatic carbocycles. The molecule has 0 bridgehead atoms. The van der Waals surface area contributed by atoms with Gasteiger partial charge in [0.25, 0.3) is 5.56 Å². The van der Waals surface area contributed by atoms with Gasteiger partial charge >= 0.3 is 0 Å². The second kappa shape index (κ2) is 8.35. The van der Waals surface area contributed by atoms with Crippen LogP contribution in [-0.2, 0) is 16.6 Å². The van der Waals surface area contributed by atoms with Crippen LogP contribution in [0.4, 0.5) is 0 Å². The number of thioether (sulfide) groups is 1. The van der Waals surface area contributed by atoms with Crippen LogP contribution < -0.4 is 5.56 Å². The topological polar surface area (TPSA) is 67.9 Å². The predicted octanol–water partition coefficient (Wildman–Crippen LogP) is 5.41. The van der Waals surface area contributed by atoms with E-state index in [0.29, 0.717) is 11.8 Å². The molecule has 5 nitrogen and oxygen atoms in total. The summed E-state index contributed by atoms with van der Waals surface area (Å²) in [6.45, 7) is 4.82. The molecular weight excluding hydrogens is 418 g/mol. The van der Waals surface area contributed by atoms with Crippen molar-refractivity contribution in [2.75, 3.05) is 12.4 Å². The molecule has 1 spiro atoms. The molecule has 3 aliphatic rings. The third-order valence-electron chi connectivity index (χ3n) is 7.53. The number of hydrogen-bond acceptors (Lipinski definition) is 5. The van der Waals surface area contributed by atoms with Crippen LogP contribution >= 0.6 is 11.8 Å². The van der Waals surface area contributed by atoms with Crippen LogP contribution in [0.2, 0.25) is 0 Å². The van der Waals surface area contributed by atoms with Crippen molar-refractivity contribution in [1.29, 1.82) is 5.26 Å². The fraction of sp³-hybridized carbons (Fsp3) is 0.577. The highest BCUT2D eigenvalue weighted by atomic mass is 32.2. The summed E-state index contributed by atoms with van der Waals surface area (Å²) < 4.78 is 7.89. The van der Waals surface area contributed by atoms with Crippen molar-refractivity contribution in [3.05, 3.63) is 45.7 Å². The van der Waals surface area contributed by atoms with Crippen LogP contribution in [0.25, 0.3) is 11.3 Å². The van der Waals surface area contributed by atoms with Crippen LogP contribution in [0.15, 0.2) is 34.2 Å². The van der Waals surface area contributed by atoms with Gasteiger partial charge in [-0.05, 0) is 51.5 Å². The van der Waals surface area contributed by atoms with Gasteiger partial charge in [-0.2, -0.15) is 5.26 Å². The summed E-state index contributed by atoms with van der Waals surface area (Å²) in [6, 6.07) is 10.7. The SMILES string of the molecule is CC1(C)C[C@@H](n2c(SCC#N)nc3c(c2=O)C2(CCCCC2)Cc2ccccc2-3)CCO1. The van der Waals surface area contributed by atoms with Gasteiger partial charge in [-0.25, -0.2) is 4.98 Å².